The standard InChI is InChI=1S/C8H3Cl2O/c9-7-5-3-1-2-4-6(5)11-8(7)10/h2-4H. The van der Waals surface area contributed by atoms with E-state index >= 15 is 0 Å². The first-order chi connectivity index (χ1) is 5.29. The topological polar surface area (TPSA) is 13.1 Å². The van der Waals surface area contributed by atoms with Gasteiger partial charge in [0.2, 0.25) is 5.22 Å². The molecule has 55 valence electrons. The number of fused-ring (bicyclic) bond motifs is 1. The predicted octanol–water partition coefficient (Wildman–Crippen LogP) is 3.54. The summed E-state index contributed by atoms with van der Waals surface area (Å²) in [6, 6.07) is 8.15. The van der Waals surface area contributed by atoms with Crippen LogP contribution in [0.15, 0.2) is 22.6 Å². The van der Waals surface area contributed by atoms with Crippen molar-refractivity contribution in [2.24, 2.45) is 0 Å². The second-order valence-electron chi connectivity index (χ2n) is 2.11. The van der Waals surface area contributed by atoms with Gasteiger partial charge in [-0.2, -0.15) is 0 Å². The lowest BCUT2D eigenvalue weighted by Crippen LogP contribution is -1.61. The highest BCUT2D eigenvalue weighted by atomic mass is 35.5. The van der Waals surface area contributed by atoms with Gasteiger partial charge < -0.3 is 4.42 Å². The van der Waals surface area contributed by atoms with Crippen molar-refractivity contribution in [3.63, 3.8) is 0 Å². The Balaban J connectivity index is 2.92. The Morgan fingerprint density at radius 1 is 1.36 bits per heavy atom. The minimum atomic E-state index is 0.237. The van der Waals surface area contributed by atoms with Crippen LogP contribution in [-0.2, 0) is 0 Å². The van der Waals surface area contributed by atoms with E-state index in [-0.39, 0.29) is 5.22 Å². The van der Waals surface area contributed by atoms with Gasteiger partial charge in [-0.15, -0.1) is 0 Å². The Morgan fingerprint density at radius 3 is 2.91 bits per heavy atom. The zero-order chi connectivity index (χ0) is 7.84. The quantitative estimate of drug-likeness (QED) is 0.613. The van der Waals surface area contributed by atoms with Crippen molar-refractivity contribution in [2.45, 2.75) is 0 Å². The minimum Gasteiger partial charge on any atom is -0.443 e. The molecule has 0 aliphatic heterocycles. The SMILES string of the molecule is Clc1oc2cc[c]cc2c1Cl. The summed E-state index contributed by atoms with van der Waals surface area (Å²) in [5.41, 5.74) is 0.693. The van der Waals surface area contributed by atoms with Crippen molar-refractivity contribution in [2.75, 3.05) is 0 Å². The van der Waals surface area contributed by atoms with Gasteiger partial charge in [-0.1, -0.05) is 17.7 Å². The van der Waals surface area contributed by atoms with Crippen molar-refractivity contribution >= 4 is 34.2 Å². The van der Waals surface area contributed by atoms with Crippen LogP contribution in [0.5, 0.6) is 0 Å². The maximum absolute atomic E-state index is 5.80. The number of rotatable bonds is 0. The third-order valence-corrected chi connectivity index (χ3v) is 2.17. The molecular weight excluding hydrogens is 183 g/mol. The fourth-order valence-corrected chi connectivity index (χ4v) is 1.30. The second kappa shape index (κ2) is 2.43. The largest absolute Gasteiger partial charge is 0.443 e. The lowest BCUT2D eigenvalue weighted by atomic mass is 10.3. The lowest BCUT2D eigenvalue weighted by Gasteiger charge is -1.82. The first kappa shape index (κ1) is 7.01. The van der Waals surface area contributed by atoms with Crippen LogP contribution < -0.4 is 0 Å². The molecule has 0 amide bonds. The van der Waals surface area contributed by atoms with Gasteiger partial charge in [0.1, 0.15) is 10.6 Å². The monoisotopic (exact) mass is 185 g/mol. The number of hydrogen-bond donors (Lipinski definition) is 0. The molecule has 1 nitrogen and oxygen atoms in total. The van der Waals surface area contributed by atoms with Crippen LogP contribution in [0.1, 0.15) is 0 Å². The van der Waals surface area contributed by atoms with Crippen molar-refractivity contribution in [1.29, 1.82) is 0 Å². The van der Waals surface area contributed by atoms with E-state index in [9.17, 15) is 0 Å². The molecule has 0 N–H and O–H groups in total. The molecule has 2 aromatic rings. The number of hydrogen-bond acceptors (Lipinski definition) is 1. The van der Waals surface area contributed by atoms with E-state index in [4.69, 9.17) is 27.6 Å². The van der Waals surface area contributed by atoms with E-state index in [1.165, 1.54) is 0 Å². The van der Waals surface area contributed by atoms with Crippen LogP contribution in [0.2, 0.25) is 10.2 Å². The van der Waals surface area contributed by atoms with Gasteiger partial charge in [0, 0.05) is 5.39 Å². The van der Waals surface area contributed by atoms with Crippen molar-refractivity contribution in [3.05, 3.63) is 34.5 Å². The van der Waals surface area contributed by atoms with Crippen LogP contribution in [0.25, 0.3) is 11.0 Å². The van der Waals surface area contributed by atoms with Gasteiger partial charge in [0.25, 0.3) is 0 Å². The first-order valence-electron chi connectivity index (χ1n) is 3.02. The average molecular weight is 186 g/mol. The third kappa shape index (κ3) is 1.01. The molecule has 0 fully saturated rings. The van der Waals surface area contributed by atoms with E-state index in [1.807, 2.05) is 0 Å². The van der Waals surface area contributed by atoms with Crippen molar-refractivity contribution in [1.82, 2.24) is 0 Å². The number of halogens is 2. The van der Waals surface area contributed by atoms with Gasteiger partial charge in [-0.3, -0.25) is 0 Å². The summed E-state index contributed by atoms with van der Waals surface area (Å²) in [6.07, 6.45) is 0. The zero-order valence-electron chi connectivity index (χ0n) is 5.40. The van der Waals surface area contributed by atoms with Gasteiger partial charge >= 0.3 is 0 Å². The molecule has 0 saturated heterocycles. The Labute approximate surface area is 73.5 Å². The van der Waals surface area contributed by atoms with Crippen molar-refractivity contribution < 1.29 is 4.42 Å². The molecule has 0 saturated carbocycles. The molecule has 0 bridgehead atoms. The number of furan rings is 1. The molecule has 1 aromatic carbocycles. The van der Waals surface area contributed by atoms with E-state index in [0.717, 1.165) is 5.39 Å². The molecule has 0 aliphatic carbocycles. The van der Waals surface area contributed by atoms with Gasteiger partial charge in [-0.05, 0) is 29.8 Å². The molecule has 2 rings (SSSR count). The summed E-state index contributed by atoms with van der Waals surface area (Å²) in [5.74, 6) is 0. The highest BCUT2D eigenvalue weighted by Gasteiger charge is 2.07. The molecule has 1 heterocycles. The Morgan fingerprint density at radius 2 is 2.18 bits per heavy atom. The second-order valence-corrected chi connectivity index (χ2v) is 2.83. The van der Waals surface area contributed by atoms with E-state index in [1.54, 1.807) is 18.2 Å². The van der Waals surface area contributed by atoms with Crippen LogP contribution in [0.3, 0.4) is 0 Å². The summed E-state index contributed by atoms with van der Waals surface area (Å²) < 4.78 is 5.11. The van der Waals surface area contributed by atoms with Gasteiger partial charge in [0.15, 0.2) is 0 Å². The molecule has 0 aliphatic rings. The Bertz CT molecular complexity index is 392. The minimum absolute atomic E-state index is 0.237. The summed E-state index contributed by atoms with van der Waals surface area (Å²) >= 11 is 11.4. The summed E-state index contributed by atoms with van der Waals surface area (Å²) in [5, 5.41) is 1.50. The first-order valence-corrected chi connectivity index (χ1v) is 3.78. The van der Waals surface area contributed by atoms with Gasteiger partial charge in [0.05, 0.1) is 0 Å². The zero-order valence-corrected chi connectivity index (χ0v) is 6.91. The molecule has 1 radical (unpaired) electrons. The van der Waals surface area contributed by atoms with Crippen LogP contribution in [0, 0.1) is 6.07 Å². The van der Waals surface area contributed by atoms with Crippen LogP contribution in [0.4, 0.5) is 0 Å². The summed E-state index contributed by atoms with van der Waals surface area (Å²) in [4.78, 5) is 0. The highest BCUT2D eigenvalue weighted by molar-refractivity contribution is 6.44. The lowest BCUT2D eigenvalue weighted by molar-refractivity contribution is 0.618. The third-order valence-electron chi connectivity index (χ3n) is 1.43. The highest BCUT2D eigenvalue weighted by Crippen LogP contribution is 2.33. The smallest absolute Gasteiger partial charge is 0.213 e. The fourth-order valence-electron chi connectivity index (χ4n) is 0.924. The normalized spacial score (nSPS) is 10.7. The average Bonchev–Trinajstić information content (AvgIpc) is 2.30. The van der Waals surface area contributed by atoms with Crippen LogP contribution in [-0.4, -0.2) is 0 Å². The number of benzene rings is 1. The Kier molecular flexibility index (Phi) is 1.55. The molecule has 11 heavy (non-hydrogen) atoms. The molecule has 3 heteroatoms. The summed E-state index contributed by atoms with van der Waals surface area (Å²) in [6.45, 7) is 0. The predicted molar refractivity (Wildman–Crippen MR) is 45.1 cm³/mol. The maximum Gasteiger partial charge on any atom is 0.213 e. The molecule has 0 spiro atoms. The van der Waals surface area contributed by atoms with E-state index in [0.29, 0.717) is 10.6 Å². The van der Waals surface area contributed by atoms with E-state index in [2.05, 4.69) is 6.07 Å². The molecule has 0 unspecified atom stereocenters. The molecule has 0 atom stereocenters. The maximum atomic E-state index is 5.80. The van der Waals surface area contributed by atoms with Crippen molar-refractivity contribution in [3.8, 4) is 0 Å². The fraction of sp³-hybridized carbons (Fsp3) is 0. The summed E-state index contributed by atoms with van der Waals surface area (Å²) in [7, 11) is 0. The van der Waals surface area contributed by atoms with Crippen LogP contribution >= 0.6 is 23.2 Å². The molecule has 1 aromatic heterocycles. The van der Waals surface area contributed by atoms with E-state index < -0.39 is 0 Å². The molecular formula is C8H3Cl2O. The van der Waals surface area contributed by atoms with Gasteiger partial charge in [-0.25, -0.2) is 0 Å². The Hall–Kier alpha value is -0.660.